The van der Waals surface area contributed by atoms with E-state index in [-0.39, 0.29) is 23.5 Å². The number of aryl methyl sites for hydroxylation is 1. The molecule has 0 radical (unpaired) electrons. The third-order valence-electron chi connectivity index (χ3n) is 4.31. The van der Waals surface area contributed by atoms with Gasteiger partial charge < -0.3 is 10.6 Å². The molecule has 1 unspecified atom stereocenters. The van der Waals surface area contributed by atoms with Crippen molar-refractivity contribution in [1.29, 1.82) is 0 Å². The van der Waals surface area contributed by atoms with E-state index in [0.29, 0.717) is 24.3 Å². The van der Waals surface area contributed by atoms with E-state index in [4.69, 9.17) is 0 Å². The van der Waals surface area contributed by atoms with Crippen LogP contribution < -0.4 is 10.6 Å². The maximum Gasteiger partial charge on any atom is 0.251 e. The van der Waals surface area contributed by atoms with Crippen LogP contribution in [0.5, 0.6) is 0 Å². The molecule has 6 nitrogen and oxygen atoms in total. The van der Waals surface area contributed by atoms with Crippen molar-refractivity contribution in [2.45, 2.75) is 25.9 Å². The Hall–Kier alpha value is -2.41. The average molecular weight is 359 g/mol. The molecule has 132 valence electrons. The number of hydrogen-bond donors (Lipinski definition) is 2. The molecule has 3 rings (SSSR count). The van der Waals surface area contributed by atoms with E-state index in [1.807, 2.05) is 31.2 Å². The van der Waals surface area contributed by atoms with E-state index in [2.05, 4.69) is 15.6 Å². The Morgan fingerprint density at radius 1 is 1.28 bits per heavy atom. The molecule has 2 heterocycles. The van der Waals surface area contributed by atoms with E-state index in [0.717, 1.165) is 11.1 Å². The van der Waals surface area contributed by atoms with Gasteiger partial charge in [0, 0.05) is 24.3 Å². The fourth-order valence-electron chi connectivity index (χ4n) is 2.85. The van der Waals surface area contributed by atoms with Crippen LogP contribution in [0.4, 0.5) is 5.82 Å². The number of aromatic nitrogens is 1. The van der Waals surface area contributed by atoms with Crippen molar-refractivity contribution in [3.8, 4) is 0 Å². The van der Waals surface area contributed by atoms with Crippen LogP contribution in [0.2, 0.25) is 0 Å². The molecule has 1 atom stereocenters. The van der Waals surface area contributed by atoms with Gasteiger partial charge in [-0.3, -0.25) is 4.79 Å². The Morgan fingerprint density at radius 3 is 2.80 bits per heavy atom. The molecule has 1 aliphatic heterocycles. The van der Waals surface area contributed by atoms with Gasteiger partial charge in [0.05, 0.1) is 11.5 Å². The minimum absolute atomic E-state index is 0.110. The summed E-state index contributed by atoms with van der Waals surface area (Å²) in [7, 11) is -2.95. The molecule has 0 bridgehead atoms. The summed E-state index contributed by atoms with van der Waals surface area (Å²) in [6, 6.07) is 11.0. The molecule has 1 saturated heterocycles. The molecule has 1 aromatic heterocycles. The third kappa shape index (κ3) is 4.57. The summed E-state index contributed by atoms with van der Waals surface area (Å²) in [4.78, 5) is 16.5. The quantitative estimate of drug-likeness (QED) is 0.851. The maximum atomic E-state index is 12.4. The minimum Gasteiger partial charge on any atom is -0.366 e. The fourth-order valence-corrected chi connectivity index (χ4v) is 4.53. The third-order valence-corrected chi connectivity index (χ3v) is 6.08. The zero-order valence-corrected chi connectivity index (χ0v) is 14.8. The second-order valence-electron chi connectivity index (χ2n) is 6.28. The van der Waals surface area contributed by atoms with Crippen LogP contribution in [0.25, 0.3) is 0 Å². The summed E-state index contributed by atoms with van der Waals surface area (Å²) in [5, 5.41) is 6.00. The van der Waals surface area contributed by atoms with Gasteiger partial charge in [-0.2, -0.15) is 0 Å². The van der Waals surface area contributed by atoms with Gasteiger partial charge in [-0.25, -0.2) is 13.4 Å². The number of amides is 1. The molecule has 1 aliphatic rings. The van der Waals surface area contributed by atoms with E-state index in [1.165, 1.54) is 0 Å². The second kappa shape index (κ2) is 7.23. The summed E-state index contributed by atoms with van der Waals surface area (Å²) in [6.07, 6.45) is 2.11. The first-order valence-electron chi connectivity index (χ1n) is 8.19. The van der Waals surface area contributed by atoms with Gasteiger partial charge in [0.1, 0.15) is 5.82 Å². The van der Waals surface area contributed by atoms with Crippen LogP contribution in [0.1, 0.15) is 27.9 Å². The summed E-state index contributed by atoms with van der Waals surface area (Å²) in [6.45, 7) is 2.46. The SMILES string of the molecule is Cc1ccccc1CNC(=O)c1ccnc(NC2CCS(=O)(=O)C2)c1. The number of carbonyl (C=O) groups is 1. The smallest absolute Gasteiger partial charge is 0.251 e. The van der Waals surface area contributed by atoms with Gasteiger partial charge in [0.25, 0.3) is 5.91 Å². The number of rotatable bonds is 5. The molecule has 1 aromatic carbocycles. The van der Waals surface area contributed by atoms with Crippen molar-refractivity contribution < 1.29 is 13.2 Å². The highest BCUT2D eigenvalue weighted by atomic mass is 32.2. The molecule has 0 saturated carbocycles. The van der Waals surface area contributed by atoms with Crippen LogP contribution in [0, 0.1) is 6.92 Å². The highest BCUT2D eigenvalue weighted by Gasteiger charge is 2.28. The largest absolute Gasteiger partial charge is 0.366 e. The van der Waals surface area contributed by atoms with Crippen LogP contribution in [0.3, 0.4) is 0 Å². The number of benzene rings is 1. The maximum absolute atomic E-state index is 12.4. The summed E-state index contributed by atoms with van der Waals surface area (Å²) in [5.74, 6) is 0.637. The first-order chi connectivity index (χ1) is 11.9. The first-order valence-corrected chi connectivity index (χ1v) is 10.0. The topological polar surface area (TPSA) is 88.2 Å². The van der Waals surface area contributed by atoms with Crippen molar-refractivity contribution >= 4 is 21.6 Å². The van der Waals surface area contributed by atoms with Gasteiger partial charge in [0.2, 0.25) is 0 Å². The monoisotopic (exact) mass is 359 g/mol. The number of pyridine rings is 1. The lowest BCUT2D eigenvalue weighted by molar-refractivity contribution is 0.0951. The van der Waals surface area contributed by atoms with Crippen LogP contribution in [0.15, 0.2) is 42.6 Å². The predicted octanol–water partition coefficient (Wildman–Crippen LogP) is 1.92. The lowest BCUT2D eigenvalue weighted by Crippen LogP contribution is -2.24. The molecule has 1 amide bonds. The van der Waals surface area contributed by atoms with Crippen molar-refractivity contribution in [2.24, 2.45) is 0 Å². The summed E-state index contributed by atoms with van der Waals surface area (Å²) >= 11 is 0. The number of nitrogens with zero attached hydrogens (tertiary/aromatic N) is 1. The normalized spacial score (nSPS) is 18.7. The van der Waals surface area contributed by atoms with Crippen LogP contribution >= 0.6 is 0 Å². The van der Waals surface area contributed by atoms with Crippen molar-refractivity contribution in [3.05, 3.63) is 59.3 Å². The zero-order chi connectivity index (χ0) is 17.9. The Balaban J connectivity index is 1.63. The van der Waals surface area contributed by atoms with E-state index in [9.17, 15) is 13.2 Å². The van der Waals surface area contributed by atoms with Gasteiger partial charge in [-0.05, 0) is 36.6 Å². The molecular formula is C18H21N3O3S. The molecule has 25 heavy (non-hydrogen) atoms. The number of sulfone groups is 1. The second-order valence-corrected chi connectivity index (χ2v) is 8.51. The van der Waals surface area contributed by atoms with Gasteiger partial charge in [-0.1, -0.05) is 24.3 Å². The minimum atomic E-state index is -2.95. The number of nitrogens with one attached hydrogen (secondary N) is 2. The average Bonchev–Trinajstić information content (AvgIpc) is 2.92. The Kier molecular flexibility index (Phi) is 5.03. The lowest BCUT2D eigenvalue weighted by atomic mass is 10.1. The van der Waals surface area contributed by atoms with E-state index in [1.54, 1.807) is 18.3 Å². The molecule has 0 spiro atoms. The number of hydrogen-bond acceptors (Lipinski definition) is 5. The van der Waals surface area contributed by atoms with Crippen molar-refractivity contribution in [3.63, 3.8) is 0 Å². The Bertz CT molecular complexity index is 881. The summed E-state index contributed by atoms with van der Waals surface area (Å²) in [5.41, 5.74) is 2.69. The molecule has 0 aliphatic carbocycles. The van der Waals surface area contributed by atoms with Crippen molar-refractivity contribution in [1.82, 2.24) is 10.3 Å². The van der Waals surface area contributed by atoms with Gasteiger partial charge in [0.15, 0.2) is 9.84 Å². The molecule has 2 aromatic rings. The van der Waals surface area contributed by atoms with Crippen LogP contribution in [-0.4, -0.2) is 36.9 Å². The van der Waals surface area contributed by atoms with Gasteiger partial charge in [-0.15, -0.1) is 0 Å². The standard InChI is InChI=1S/C18H21N3O3S/c1-13-4-2-3-5-15(13)11-20-18(22)14-6-8-19-17(10-14)21-16-7-9-25(23,24)12-16/h2-6,8,10,16H,7,9,11-12H2,1H3,(H,19,21)(H,20,22). The summed E-state index contributed by atoms with van der Waals surface area (Å²) < 4.78 is 23.1. The number of carbonyl (C=O) groups excluding carboxylic acids is 1. The molecular weight excluding hydrogens is 338 g/mol. The van der Waals surface area contributed by atoms with Crippen LogP contribution in [-0.2, 0) is 16.4 Å². The fraction of sp³-hybridized carbons (Fsp3) is 0.333. The molecule has 7 heteroatoms. The molecule has 1 fully saturated rings. The Labute approximate surface area is 147 Å². The lowest BCUT2D eigenvalue weighted by Gasteiger charge is -2.12. The van der Waals surface area contributed by atoms with Gasteiger partial charge >= 0.3 is 0 Å². The van der Waals surface area contributed by atoms with E-state index >= 15 is 0 Å². The van der Waals surface area contributed by atoms with Crippen molar-refractivity contribution in [2.75, 3.05) is 16.8 Å². The highest BCUT2D eigenvalue weighted by Crippen LogP contribution is 2.17. The Morgan fingerprint density at radius 2 is 2.08 bits per heavy atom. The van der Waals surface area contributed by atoms with E-state index < -0.39 is 9.84 Å². The predicted molar refractivity (Wildman–Crippen MR) is 97.3 cm³/mol. The number of anilines is 1. The first kappa shape index (κ1) is 17.4. The molecule has 2 N–H and O–H groups in total. The zero-order valence-electron chi connectivity index (χ0n) is 14.0. The highest BCUT2D eigenvalue weighted by molar-refractivity contribution is 7.91.